The van der Waals surface area contributed by atoms with Crippen LogP contribution in [0.2, 0.25) is 0 Å². The highest BCUT2D eigenvalue weighted by atomic mass is 16.5. The van der Waals surface area contributed by atoms with Gasteiger partial charge >= 0.3 is 0 Å². The van der Waals surface area contributed by atoms with Gasteiger partial charge in [0.15, 0.2) is 0 Å². The van der Waals surface area contributed by atoms with Crippen LogP contribution in [0.15, 0.2) is 18.5 Å². The van der Waals surface area contributed by atoms with Crippen molar-refractivity contribution in [3.63, 3.8) is 0 Å². The average Bonchev–Trinajstić information content (AvgIpc) is 3.15. The number of hydrogen-bond acceptors (Lipinski definition) is 2. The zero-order chi connectivity index (χ0) is 13.8. The van der Waals surface area contributed by atoms with Crippen molar-refractivity contribution in [1.29, 1.82) is 0 Å². The van der Waals surface area contributed by atoms with Gasteiger partial charge in [0.2, 0.25) is 0 Å². The Labute approximate surface area is 122 Å². The van der Waals surface area contributed by atoms with Gasteiger partial charge in [-0.3, -0.25) is 0 Å². The molecule has 1 N–H and O–H groups in total. The fourth-order valence-electron chi connectivity index (χ4n) is 3.76. The maximum atomic E-state index is 6.39. The predicted octanol–water partition coefficient (Wildman–Crippen LogP) is 3.48. The first-order valence-corrected chi connectivity index (χ1v) is 8.33. The molecule has 1 spiro atoms. The summed E-state index contributed by atoms with van der Waals surface area (Å²) in [7, 11) is 0. The van der Waals surface area contributed by atoms with Crippen LogP contribution in [0.4, 0.5) is 0 Å². The molecule has 1 aromatic rings. The molecule has 1 aliphatic heterocycles. The quantitative estimate of drug-likeness (QED) is 0.805. The average molecular weight is 276 g/mol. The third-order valence-electron chi connectivity index (χ3n) is 4.84. The number of nitrogens with zero attached hydrogens (tertiary/aromatic N) is 1. The van der Waals surface area contributed by atoms with Crippen molar-refractivity contribution < 1.29 is 4.74 Å². The zero-order valence-electron chi connectivity index (χ0n) is 12.7. The van der Waals surface area contributed by atoms with Crippen molar-refractivity contribution in [1.82, 2.24) is 9.88 Å². The van der Waals surface area contributed by atoms with Gasteiger partial charge in [-0.05, 0) is 50.3 Å². The standard InChI is InChI=1S/C17H28N2O/c1-2-10-18-12-15-6-11-19(13-15)14-16-5-9-17(20-16)7-3-4-8-17/h6,11,13,16,18H,2-5,7-10,12,14H2,1H3. The lowest BCUT2D eigenvalue weighted by atomic mass is 9.98. The third kappa shape index (κ3) is 3.26. The number of hydrogen-bond donors (Lipinski definition) is 1. The Balaban J connectivity index is 1.48. The smallest absolute Gasteiger partial charge is 0.0762 e. The molecule has 0 amide bonds. The predicted molar refractivity (Wildman–Crippen MR) is 81.7 cm³/mol. The van der Waals surface area contributed by atoms with Crippen LogP contribution in [0.5, 0.6) is 0 Å². The van der Waals surface area contributed by atoms with E-state index in [9.17, 15) is 0 Å². The summed E-state index contributed by atoms with van der Waals surface area (Å²) in [5, 5.41) is 3.45. The second kappa shape index (κ2) is 6.31. The molecule has 0 radical (unpaired) electrons. The Hall–Kier alpha value is -0.800. The molecule has 1 saturated carbocycles. The molecule has 20 heavy (non-hydrogen) atoms. The molecule has 2 fully saturated rings. The SMILES string of the molecule is CCCNCc1ccn(CC2CCC3(CCCC3)O2)c1. The van der Waals surface area contributed by atoms with E-state index in [0.717, 1.165) is 19.6 Å². The summed E-state index contributed by atoms with van der Waals surface area (Å²) < 4.78 is 8.69. The topological polar surface area (TPSA) is 26.2 Å². The van der Waals surface area contributed by atoms with Gasteiger partial charge < -0.3 is 14.6 Å². The van der Waals surface area contributed by atoms with E-state index in [4.69, 9.17) is 4.74 Å². The maximum absolute atomic E-state index is 6.39. The van der Waals surface area contributed by atoms with Gasteiger partial charge in [-0.1, -0.05) is 19.8 Å². The van der Waals surface area contributed by atoms with Crippen molar-refractivity contribution >= 4 is 0 Å². The number of aromatic nitrogens is 1. The first kappa shape index (κ1) is 14.2. The molecule has 0 aromatic carbocycles. The second-order valence-corrected chi connectivity index (χ2v) is 6.56. The minimum atomic E-state index is 0.267. The van der Waals surface area contributed by atoms with Crippen LogP contribution in [-0.4, -0.2) is 22.8 Å². The molecule has 2 heterocycles. The number of nitrogens with one attached hydrogen (secondary N) is 1. The van der Waals surface area contributed by atoms with Crippen LogP contribution in [0.1, 0.15) is 57.4 Å². The van der Waals surface area contributed by atoms with Crippen molar-refractivity contribution in [2.75, 3.05) is 6.54 Å². The molecular weight excluding hydrogens is 248 g/mol. The fraction of sp³-hybridized carbons (Fsp3) is 0.765. The van der Waals surface area contributed by atoms with E-state index in [1.165, 1.54) is 50.5 Å². The van der Waals surface area contributed by atoms with Gasteiger partial charge in [0.1, 0.15) is 0 Å². The van der Waals surface area contributed by atoms with E-state index in [2.05, 4.69) is 35.3 Å². The Kier molecular flexibility index (Phi) is 4.47. The minimum absolute atomic E-state index is 0.267. The fourth-order valence-corrected chi connectivity index (χ4v) is 3.76. The summed E-state index contributed by atoms with van der Waals surface area (Å²) in [5.41, 5.74) is 1.65. The van der Waals surface area contributed by atoms with Crippen molar-refractivity contribution in [3.8, 4) is 0 Å². The largest absolute Gasteiger partial charge is 0.370 e. The van der Waals surface area contributed by atoms with Gasteiger partial charge in [0.25, 0.3) is 0 Å². The lowest BCUT2D eigenvalue weighted by Crippen LogP contribution is -2.26. The Morgan fingerprint density at radius 3 is 3.00 bits per heavy atom. The zero-order valence-corrected chi connectivity index (χ0v) is 12.7. The molecule has 0 bridgehead atoms. The molecule has 1 unspecified atom stereocenters. The molecule has 3 heteroatoms. The first-order chi connectivity index (χ1) is 9.80. The normalized spacial score (nSPS) is 24.8. The Morgan fingerprint density at radius 1 is 1.35 bits per heavy atom. The molecular formula is C17H28N2O. The molecule has 112 valence electrons. The van der Waals surface area contributed by atoms with Crippen molar-refractivity contribution in [3.05, 3.63) is 24.0 Å². The summed E-state index contributed by atoms with van der Waals surface area (Å²) in [5.74, 6) is 0. The first-order valence-electron chi connectivity index (χ1n) is 8.33. The van der Waals surface area contributed by atoms with E-state index in [1.54, 1.807) is 0 Å². The van der Waals surface area contributed by atoms with Crippen LogP contribution in [0.3, 0.4) is 0 Å². The summed E-state index contributed by atoms with van der Waals surface area (Å²) in [4.78, 5) is 0. The van der Waals surface area contributed by atoms with E-state index in [-0.39, 0.29) is 5.60 Å². The third-order valence-corrected chi connectivity index (χ3v) is 4.84. The summed E-state index contributed by atoms with van der Waals surface area (Å²) in [6, 6.07) is 2.23. The van der Waals surface area contributed by atoms with Crippen molar-refractivity contribution in [2.45, 2.75) is 76.7 Å². The molecule has 1 atom stereocenters. The highest BCUT2D eigenvalue weighted by Gasteiger charge is 2.41. The van der Waals surface area contributed by atoms with Gasteiger partial charge in [-0.25, -0.2) is 0 Å². The molecule has 3 rings (SSSR count). The molecule has 1 saturated heterocycles. The maximum Gasteiger partial charge on any atom is 0.0762 e. The van der Waals surface area contributed by atoms with Crippen LogP contribution < -0.4 is 5.32 Å². The van der Waals surface area contributed by atoms with Gasteiger partial charge in [0, 0.05) is 25.5 Å². The van der Waals surface area contributed by atoms with Gasteiger partial charge in [0.05, 0.1) is 11.7 Å². The molecule has 1 aromatic heterocycles. The summed E-state index contributed by atoms with van der Waals surface area (Å²) in [6.45, 7) is 5.31. The minimum Gasteiger partial charge on any atom is -0.370 e. The molecule has 2 aliphatic rings. The van der Waals surface area contributed by atoms with Gasteiger partial charge in [-0.2, -0.15) is 0 Å². The van der Waals surface area contributed by atoms with Crippen LogP contribution >= 0.6 is 0 Å². The van der Waals surface area contributed by atoms with E-state index >= 15 is 0 Å². The second-order valence-electron chi connectivity index (χ2n) is 6.56. The highest BCUT2D eigenvalue weighted by molar-refractivity contribution is 5.10. The monoisotopic (exact) mass is 276 g/mol. The number of rotatable bonds is 6. The van der Waals surface area contributed by atoms with Crippen LogP contribution in [-0.2, 0) is 17.8 Å². The van der Waals surface area contributed by atoms with Crippen molar-refractivity contribution in [2.24, 2.45) is 0 Å². The lowest BCUT2D eigenvalue weighted by molar-refractivity contribution is -0.0417. The van der Waals surface area contributed by atoms with E-state index < -0.39 is 0 Å². The molecule has 3 nitrogen and oxygen atoms in total. The Morgan fingerprint density at radius 2 is 2.20 bits per heavy atom. The van der Waals surface area contributed by atoms with Gasteiger partial charge in [-0.15, -0.1) is 0 Å². The summed E-state index contributed by atoms with van der Waals surface area (Å²) >= 11 is 0. The van der Waals surface area contributed by atoms with E-state index in [1.807, 2.05) is 0 Å². The Bertz CT molecular complexity index is 420. The van der Waals surface area contributed by atoms with E-state index in [0.29, 0.717) is 6.10 Å². The number of ether oxygens (including phenoxy) is 1. The molecule has 1 aliphatic carbocycles. The summed E-state index contributed by atoms with van der Waals surface area (Å²) in [6.07, 6.45) is 13.9. The van der Waals surface area contributed by atoms with Crippen LogP contribution in [0.25, 0.3) is 0 Å². The highest BCUT2D eigenvalue weighted by Crippen LogP contribution is 2.43. The van der Waals surface area contributed by atoms with Crippen LogP contribution in [0, 0.1) is 0 Å². The lowest BCUT2D eigenvalue weighted by Gasteiger charge is -2.24.